The number of nitrogens with zero attached hydrogens (tertiary/aromatic N) is 1. The van der Waals surface area contributed by atoms with E-state index in [1.807, 2.05) is 6.92 Å². The molecule has 0 aliphatic rings. The van der Waals surface area contributed by atoms with Crippen LogP contribution in [0.1, 0.15) is 12.5 Å². The fourth-order valence-electron chi connectivity index (χ4n) is 1.94. The zero-order chi connectivity index (χ0) is 10.1. The molecule has 2 aromatic rings. The molecule has 1 aromatic carbocycles. The lowest BCUT2D eigenvalue weighted by Crippen LogP contribution is -2.17. The molecule has 0 saturated heterocycles. The monoisotopic (exact) mass is 188 g/mol. The molecular formula is C12H16N2. The van der Waals surface area contributed by atoms with Gasteiger partial charge in [0.25, 0.3) is 0 Å². The summed E-state index contributed by atoms with van der Waals surface area (Å²) in [5, 5.41) is 1.33. The average Bonchev–Trinajstić information content (AvgIpc) is 2.44. The number of hydrogen-bond acceptors (Lipinski definition) is 1. The number of fused-ring (bicyclic) bond motifs is 1. The molecule has 1 heterocycles. The maximum atomic E-state index is 5.82. The van der Waals surface area contributed by atoms with E-state index in [1.54, 1.807) is 0 Å². The van der Waals surface area contributed by atoms with Crippen LogP contribution in [-0.4, -0.2) is 10.6 Å². The van der Waals surface area contributed by atoms with Gasteiger partial charge >= 0.3 is 0 Å². The predicted molar refractivity (Wildman–Crippen MR) is 60.3 cm³/mol. The molecule has 0 fully saturated rings. The van der Waals surface area contributed by atoms with Crippen LogP contribution in [0.2, 0.25) is 0 Å². The standard InChI is InChI=1S/C12H16N2/c1-9(13)7-10-8-14(2)12-6-4-3-5-11(10)12/h3-6,8-9H,7,13H2,1-2H3. The summed E-state index contributed by atoms with van der Waals surface area (Å²) >= 11 is 0. The highest BCUT2D eigenvalue weighted by atomic mass is 14.9. The van der Waals surface area contributed by atoms with Crippen LogP contribution in [-0.2, 0) is 13.5 Å². The van der Waals surface area contributed by atoms with Crippen molar-refractivity contribution in [2.75, 3.05) is 0 Å². The lowest BCUT2D eigenvalue weighted by molar-refractivity contribution is 0.738. The molecule has 2 rings (SSSR count). The maximum Gasteiger partial charge on any atom is 0.0480 e. The highest BCUT2D eigenvalue weighted by molar-refractivity contribution is 5.83. The molecule has 0 amide bonds. The van der Waals surface area contributed by atoms with Crippen LogP contribution in [0.15, 0.2) is 30.5 Å². The quantitative estimate of drug-likeness (QED) is 0.768. The van der Waals surface area contributed by atoms with Gasteiger partial charge in [0.1, 0.15) is 0 Å². The second kappa shape index (κ2) is 3.46. The van der Waals surface area contributed by atoms with Crippen molar-refractivity contribution in [2.45, 2.75) is 19.4 Å². The Labute approximate surface area is 84.3 Å². The molecule has 1 atom stereocenters. The first-order valence-corrected chi connectivity index (χ1v) is 4.97. The predicted octanol–water partition coefficient (Wildman–Crippen LogP) is 2.07. The Bertz CT molecular complexity index is 441. The number of nitrogens with two attached hydrogens (primary N) is 1. The van der Waals surface area contributed by atoms with Crippen LogP contribution in [0, 0.1) is 0 Å². The van der Waals surface area contributed by atoms with Gasteiger partial charge in [0.05, 0.1) is 0 Å². The number of benzene rings is 1. The second-order valence-corrected chi connectivity index (χ2v) is 3.96. The minimum Gasteiger partial charge on any atom is -0.350 e. The van der Waals surface area contributed by atoms with Crippen LogP contribution in [0.25, 0.3) is 10.9 Å². The van der Waals surface area contributed by atoms with Crippen molar-refractivity contribution in [3.63, 3.8) is 0 Å². The van der Waals surface area contributed by atoms with Crippen molar-refractivity contribution >= 4 is 10.9 Å². The Balaban J connectivity index is 2.55. The summed E-state index contributed by atoms with van der Waals surface area (Å²) in [5.41, 5.74) is 8.44. The normalized spacial score (nSPS) is 13.4. The topological polar surface area (TPSA) is 30.9 Å². The van der Waals surface area contributed by atoms with Gasteiger partial charge in [0, 0.05) is 30.2 Å². The number of aryl methyl sites for hydroxylation is 1. The molecule has 0 aliphatic carbocycles. The molecule has 0 saturated carbocycles. The Hall–Kier alpha value is -1.28. The zero-order valence-corrected chi connectivity index (χ0v) is 8.70. The molecule has 1 unspecified atom stereocenters. The van der Waals surface area contributed by atoms with Crippen LogP contribution in [0.3, 0.4) is 0 Å². The third kappa shape index (κ3) is 1.53. The summed E-state index contributed by atoms with van der Waals surface area (Å²) in [5.74, 6) is 0. The number of aromatic nitrogens is 1. The Morgan fingerprint density at radius 1 is 1.36 bits per heavy atom. The molecule has 2 nitrogen and oxygen atoms in total. The summed E-state index contributed by atoms with van der Waals surface area (Å²) in [6.45, 7) is 2.04. The summed E-state index contributed by atoms with van der Waals surface area (Å²) < 4.78 is 2.16. The summed E-state index contributed by atoms with van der Waals surface area (Å²) in [6, 6.07) is 8.67. The minimum absolute atomic E-state index is 0.223. The number of hydrogen-bond donors (Lipinski definition) is 1. The molecule has 0 radical (unpaired) electrons. The van der Waals surface area contributed by atoms with Crippen LogP contribution in [0.4, 0.5) is 0 Å². The molecular weight excluding hydrogens is 172 g/mol. The van der Waals surface area contributed by atoms with Crippen molar-refractivity contribution in [1.82, 2.24) is 4.57 Å². The number of rotatable bonds is 2. The first-order chi connectivity index (χ1) is 6.68. The average molecular weight is 188 g/mol. The van der Waals surface area contributed by atoms with Crippen LogP contribution < -0.4 is 5.73 Å². The van der Waals surface area contributed by atoms with E-state index < -0.39 is 0 Å². The van der Waals surface area contributed by atoms with Crippen LogP contribution in [0.5, 0.6) is 0 Å². The van der Waals surface area contributed by atoms with E-state index in [1.165, 1.54) is 16.5 Å². The zero-order valence-electron chi connectivity index (χ0n) is 8.70. The second-order valence-electron chi connectivity index (χ2n) is 3.96. The minimum atomic E-state index is 0.223. The Morgan fingerprint density at radius 2 is 2.07 bits per heavy atom. The van der Waals surface area contributed by atoms with Crippen molar-refractivity contribution in [2.24, 2.45) is 12.8 Å². The third-order valence-electron chi connectivity index (χ3n) is 2.52. The SMILES string of the molecule is CC(N)Cc1cn(C)c2ccccc12. The van der Waals surface area contributed by atoms with E-state index in [-0.39, 0.29) is 6.04 Å². The van der Waals surface area contributed by atoms with E-state index in [0.29, 0.717) is 0 Å². The van der Waals surface area contributed by atoms with Gasteiger partial charge in [0.2, 0.25) is 0 Å². The van der Waals surface area contributed by atoms with Gasteiger partial charge in [-0.25, -0.2) is 0 Å². The summed E-state index contributed by atoms with van der Waals surface area (Å²) in [6.07, 6.45) is 3.12. The Kier molecular flexibility index (Phi) is 2.30. The van der Waals surface area contributed by atoms with E-state index in [9.17, 15) is 0 Å². The van der Waals surface area contributed by atoms with Crippen molar-refractivity contribution in [1.29, 1.82) is 0 Å². The molecule has 74 valence electrons. The van der Waals surface area contributed by atoms with Crippen molar-refractivity contribution < 1.29 is 0 Å². The van der Waals surface area contributed by atoms with E-state index in [2.05, 4.69) is 42.1 Å². The fourth-order valence-corrected chi connectivity index (χ4v) is 1.94. The lowest BCUT2D eigenvalue weighted by atomic mass is 10.1. The molecule has 2 heteroatoms. The number of para-hydroxylation sites is 1. The van der Waals surface area contributed by atoms with Gasteiger partial charge in [-0.1, -0.05) is 18.2 Å². The summed E-state index contributed by atoms with van der Waals surface area (Å²) in [7, 11) is 2.08. The first-order valence-electron chi connectivity index (χ1n) is 4.97. The molecule has 0 spiro atoms. The van der Waals surface area contributed by atoms with Gasteiger partial charge in [-0.3, -0.25) is 0 Å². The largest absolute Gasteiger partial charge is 0.350 e. The van der Waals surface area contributed by atoms with Crippen LogP contribution >= 0.6 is 0 Å². The highest BCUT2D eigenvalue weighted by Crippen LogP contribution is 2.20. The molecule has 1 aromatic heterocycles. The highest BCUT2D eigenvalue weighted by Gasteiger charge is 2.06. The van der Waals surface area contributed by atoms with E-state index in [4.69, 9.17) is 5.73 Å². The van der Waals surface area contributed by atoms with Crippen molar-refractivity contribution in [3.05, 3.63) is 36.0 Å². The Morgan fingerprint density at radius 3 is 2.79 bits per heavy atom. The smallest absolute Gasteiger partial charge is 0.0480 e. The van der Waals surface area contributed by atoms with Gasteiger partial charge in [0.15, 0.2) is 0 Å². The maximum absolute atomic E-state index is 5.82. The van der Waals surface area contributed by atoms with Gasteiger partial charge in [-0.15, -0.1) is 0 Å². The van der Waals surface area contributed by atoms with Gasteiger partial charge < -0.3 is 10.3 Å². The van der Waals surface area contributed by atoms with Crippen molar-refractivity contribution in [3.8, 4) is 0 Å². The molecule has 2 N–H and O–H groups in total. The lowest BCUT2D eigenvalue weighted by Gasteiger charge is -2.02. The van der Waals surface area contributed by atoms with Gasteiger partial charge in [-0.2, -0.15) is 0 Å². The van der Waals surface area contributed by atoms with E-state index in [0.717, 1.165) is 6.42 Å². The summed E-state index contributed by atoms with van der Waals surface area (Å²) in [4.78, 5) is 0. The molecule has 0 bridgehead atoms. The molecule has 0 aliphatic heterocycles. The molecule has 14 heavy (non-hydrogen) atoms. The third-order valence-corrected chi connectivity index (χ3v) is 2.52. The fraction of sp³-hybridized carbons (Fsp3) is 0.333. The van der Waals surface area contributed by atoms with Gasteiger partial charge in [-0.05, 0) is 25.0 Å². The van der Waals surface area contributed by atoms with E-state index >= 15 is 0 Å². The first kappa shape index (κ1) is 9.28.